The first-order valence-electron chi connectivity index (χ1n) is 7.57. The Morgan fingerprint density at radius 2 is 2.20 bits per heavy atom. The van der Waals surface area contributed by atoms with Crippen LogP contribution in [0.15, 0.2) is 10.9 Å². The molecule has 0 saturated carbocycles. The summed E-state index contributed by atoms with van der Waals surface area (Å²) >= 11 is 0. The molecule has 0 spiro atoms. The number of rotatable bonds is 7. The molecule has 0 aromatic carbocycles. The first-order valence-corrected chi connectivity index (χ1v) is 7.57. The Bertz CT molecular complexity index is 506. The molecule has 1 aliphatic carbocycles. The normalized spacial score (nSPS) is 14.0. The minimum Gasteiger partial charge on any atom is -0.383 e. The average molecular weight is 278 g/mol. The smallest absolute Gasteiger partial charge is 0.255 e. The van der Waals surface area contributed by atoms with Gasteiger partial charge in [-0.15, -0.1) is 0 Å². The summed E-state index contributed by atoms with van der Waals surface area (Å²) in [4.78, 5) is 12.6. The molecule has 0 bridgehead atoms. The molecule has 20 heavy (non-hydrogen) atoms. The van der Waals surface area contributed by atoms with Crippen molar-refractivity contribution >= 4 is 0 Å². The maximum Gasteiger partial charge on any atom is 0.255 e. The predicted molar refractivity (Wildman–Crippen MR) is 81.1 cm³/mol. The molecule has 1 heterocycles. The van der Waals surface area contributed by atoms with Gasteiger partial charge in [0.1, 0.15) is 0 Å². The minimum atomic E-state index is 0.152. The Balaban J connectivity index is 2.22. The van der Waals surface area contributed by atoms with Crippen LogP contribution in [0.25, 0.3) is 0 Å². The zero-order valence-corrected chi connectivity index (χ0v) is 12.9. The molecule has 2 rings (SSSR count). The number of hydrogen-bond acceptors (Lipinski definition) is 3. The Kier molecular flexibility index (Phi) is 5.38. The number of hydrogen-bond donors (Lipinski definition) is 1. The van der Waals surface area contributed by atoms with E-state index in [1.54, 1.807) is 7.11 Å². The summed E-state index contributed by atoms with van der Waals surface area (Å²) < 4.78 is 7.07. The number of pyridine rings is 1. The standard InChI is InChI=1S/C16H26N2O2/c1-12(2)10-17-11-14-9-13-5-4-6-15(13)18(16(14)19)7-8-20-3/h9,12,17H,4-8,10-11H2,1-3H3. The summed E-state index contributed by atoms with van der Waals surface area (Å²) in [6.07, 6.45) is 3.28. The van der Waals surface area contributed by atoms with Gasteiger partial charge in [-0.3, -0.25) is 4.79 Å². The fraction of sp³-hybridized carbons (Fsp3) is 0.688. The van der Waals surface area contributed by atoms with Crippen molar-refractivity contribution in [2.75, 3.05) is 20.3 Å². The molecule has 1 aromatic heterocycles. The van der Waals surface area contributed by atoms with E-state index < -0.39 is 0 Å². The molecule has 112 valence electrons. The molecule has 1 aliphatic rings. The van der Waals surface area contributed by atoms with Gasteiger partial charge >= 0.3 is 0 Å². The van der Waals surface area contributed by atoms with Gasteiger partial charge in [-0.2, -0.15) is 0 Å². The van der Waals surface area contributed by atoms with Crippen molar-refractivity contribution in [2.24, 2.45) is 5.92 Å². The number of aryl methyl sites for hydroxylation is 1. The number of nitrogens with one attached hydrogen (secondary N) is 1. The van der Waals surface area contributed by atoms with Crippen LogP contribution in [0.1, 0.15) is 37.1 Å². The SMILES string of the molecule is COCCn1c2c(cc(CNCC(C)C)c1=O)CCC2. The summed E-state index contributed by atoms with van der Waals surface area (Å²) in [7, 11) is 1.68. The molecular formula is C16H26N2O2. The Morgan fingerprint density at radius 1 is 1.40 bits per heavy atom. The maximum atomic E-state index is 12.6. The molecule has 0 saturated heterocycles. The van der Waals surface area contributed by atoms with E-state index in [1.807, 2.05) is 4.57 Å². The monoisotopic (exact) mass is 278 g/mol. The van der Waals surface area contributed by atoms with Crippen LogP contribution in [-0.2, 0) is 30.7 Å². The highest BCUT2D eigenvalue weighted by Crippen LogP contribution is 2.21. The number of nitrogens with zero attached hydrogens (tertiary/aromatic N) is 1. The summed E-state index contributed by atoms with van der Waals surface area (Å²) in [5, 5.41) is 3.37. The number of fused-ring (bicyclic) bond motifs is 1. The lowest BCUT2D eigenvalue weighted by Gasteiger charge is -2.15. The van der Waals surface area contributed by atoms with Crippen LogP contribution in [0.2, 0.25) is 0 Å². The Morgan fingerprint density at radius 3 is 2.90 bits per heavy atom. The van der Waals surface area contributed by atoms with Crippen molar-refractivity contribution in [3.8, 4) is 0 Å². The van der Waals surface area contributed by atoms with Gasteiger partial charge in [0.05, 0.1) is 6.61 Å². The summed E-state index contributed by atoms with van der Waals surface area (Å²) in [6, 6.07) is 2.11. The van der Waals surface area contributed by atoms with Crippen molar-refractivity contribution in [3.05, 3.63) is 33.2 Å². The van der Waals surface area contributed by atoms with E-state index in [9.17, 15) is 4.79 Å². The second-order valence-electron chi connectivity index (χ2n) is 5.97. The van der Waals surface area contributed by atoms with Gasteiger partial charge in [0.2, 0.25) is 0 Å². The Hall–Kier alpha value is -1.13. The maximum absolute atomic E-state index is 12.6. The number of aromatic nitrogens is 1. The van der Waals surface area contributed by atoms with Crippen molar-refractivity contribution in [3.63, 3.8) is 0 Å². The van der Waals surface area contributed by atoms with Crippen molar-refractivity contribution < 1.29 is 4.74 Å². The van der Waals surface area contributed by atoms with Crippen molar-refractivity contribution in [2.45, 2.75) is 46.2 Å². The van der Waals surface area contributed by atoms with Crippen LogP contribution < -0.4 is 10.9 Å². The van der Waals surface area contributed by atoms with E-state index in [2.05, 4.69) is 25.2 Å². The van der Waals surface area contributed by atoms with Crippen LogP contribution in [0.3, 0.4) is 0 Å². The Labute approximate surface area is 121 Å². The van der Waals surface area contributed by atoms with Crippen molar-refractivity contribution in [1.29, 1.82) is 0 Å². The average Bonchev–Trinajstić information content (AvgIpc) is 2.86. The molecule has 0 fully saturated rings. The van der Waals surface area contributed by atoms with Crippen molar-refractivity contribution in [1.82, 2.24) is 9.88 Å². The minimum absolute atomic E-state index is 0.152. The van der Waals surface area contributed by atoms with Gasteiger partial charge < -0.3 is 14.6 Å². The van der Waals surface area contributed by atoms with E-state index in [0.29, 0.717) is 25.6 Å². The molecule has 1 aromatic rings. The molecule has 0 radical (unpaired) electrons. The second kappa shape index (κ2) is 7.04. The zero-order valence-electron chi connectivity index (χ0n) is 12.9. The lowest BCUT2D eigenvalue weighted by atomic mass is 10.1. The van der Waals surface area contributed by atoms with Crippen LogP contribution in [0, 0.1) is 5.92 Å². The van der Waals surface area contributed by atoms with Gasteiger partial charge in [0, 0.05) is 31.5 Å². The van der Waals surface area contributed by atoms with Crippen LogP contribution in [0.4, 0.5) is 0 Å². The van der Waals surface area contributed by atoms with E-state index >= 15 is 0 Å². The fourth-order valence-electron chi connectivity index (χ4n) is 2.82. The van der Waals surface area contributed by atoms with E-state index in [0.717, 1.165) is 31.4 Å². The lowest BCUT2D eigenvalue weighted by Crippen LogP contribution is -2.31. The third-order valence-electron chi connectivity index (χ3n) is 3.81. The first-order chi connectivity index (χ1) is 9.63. The largest absolute Gasteiger partial charge is 0.383 e. The van der Waals surface area contributed by atoms with Gasteiger partial charge in [-0.25, -0.2) is 0 Å². The first kappa shape index (κ1) is 15.3. The molecule has 4 heteroatoms. The second-order valence-corrected chi connectivity index (χ2v) is 5.97. The summed E-state index contributed by atoms with van der Waals surface area (Å²) in [6.45, 7) is 7.20. The van der Waals surface area contributed by atoms with Gasteiger partial charge in [0.25, 0.3) is 5.56 Å². The zero-order chi connectivity index (χ0) is 14.5. The highest BCUT2D eigenvalue weighted by molar-refractivity contribution is 5.30. The third-order valence-corrected chi connectivity index (χ3v) is 3.81. The predicted octanol–water partition coefficient (Wildman–Crippen LogP) is 1.73. The molecule has 0 aliphatic heterocycles. The molecule has 1 N–H and O–H groups in total. The van der Waals surface area contributed by atoms with Gasteiger partial charge in [-0.1, -0.05) is 13.8 Å². The van der Waals surface area contributed by atoms with Gasteiger partial charge in [-0.05, 0) is 43.4 Å². The third kappa shape index (κ3) is 3.49. The number of methoxy groups -OCH3 is 1. The highest BCUT2D eigenvalue weighted by atomic mass is 16.5. The van der Waals surface area contributed by atoms with Crippen LogP contribution in [0.5, 0.6) is 0 Å². The molecular weight excluding hydrogens is 252 g/mol. The van der Waals surface area contributed by atoms with Gasteiger partial charge in [0.15, 0.2) is 0 Å². The lowest BCUT2D eigenvalue weighted by molar-refractivity contribution is 0.185. The van der Waals surface area contributed by atoms with E-state index in [1.165, 1.54) is 11.3 Å². The van der Waals surface area contributed by atoms with E-state index in [4.69, 9.17) is 4.74 Å². The van der Waals surface area contributed by atoms with Crippen LogP contribution >= 0.6 is 0 Å². The summed E-state index contributed by atoms with van der Waals surface area (Å²) in [5.41, 5.74) is 3.61. The molecule has 0 atom stereocenters. The van der Waals surface area contributed by atoms with E-state index in [-0.39, 0.29) is 5.56 Å². The summed E-state index contributed by atoms with van der Waals surface area (Å²) in [5.74, 6) is 0.597. The van der Waals surface area contributed by atoms with Crippen LogP contribution in [-0.4, -0.2) is 24.8 Å². The fourth-order valence-corrected chi connectivity index (χ4v) is 2.82. The molecule has 4 nitrogen and oxygen atoms in total. The topological polar surface area (TPSA) is 43.3 Å². The molecule has 0 unspecified atom stereocenters. The number of ether oxygens (including phenoxy) is 1. The molecule has 0 amide bonds. The highest BCUT2D eigenvalue weighted by Gasteiger charge is 2.18. The quantitative estimate of drug-likeness (QED) is 0.826.